The number of nitrogens with one attached hydrogen (secondary N) is 1. The number of hydrogen-bond donors (Lipinski definition) is 1. The zero-order chi connectivity index (χ0) is 26.4. The predicted octanol–water partition coefficient (Wildman–Crippen LogP) is 3.04. The van der Waals surface area contributed by atoms with Gasteiger partial charge in [0.25, 0.3) is 11.5 Å². The molecule has 0 bridgehead atoms. The Morgan fingerprint density at radius 3 is 2.45 bits per heavy atom. The number of ether oxygens (including phenoxy) is 1. The summed E-state index contributed by atoms with van der Waals surface area (Å²) in [5.74, 6) is 0.350. The number of para-hydroxylation sites is 1. The fraction of sp³-hybridized carbons (Fsp3) is 0.107. The van der Waals surface area contributed by atoms with Crippen molar-refractivity contribution in [2.45, 2.75) is 6.92 Å². The summed E-state index contributed by atoms with van der Waals surface area (Å²) in [6, 6.07) is 21.8. The molecular formula is C28H21N5O4S. The van der Waals surface area contributed by atoms with Gasteiger partial charge in [-0.3, -0.25) is 19.3 Å². The Bertz CT molecular complexity index is 1820. The van der Waals surface area contributed by atoms with Crippen LogP contribution in [0.2, 0.25) is 0 Å². The van der Waals surface area contributed by atoms with Crippen molar-refractivity contribution in [1.29, 1.82) is 0 Å². The van der Waals surface area contributed by atoms with Gasteiger partial charge >= 0.3 is 0 Å². The molecule has 0 unspecified atom stereocenters. The lowest BCUT2D eigenvalue weighted by Gasteiger charge is -2.16. The van der Waals surface area contributed by atoms with E-state index >= 15 is 0 Å². The maximum absolute atomic E-state index is 13.6. The molecule has 1 aliphatic heterocycles. The molecule has 1 N–H and O–H groups in total. The Labute approximate surface area is 220 Å². The Morgan fingerprint density at radius 1 is 1.00 bits per heavy atom. The van der Waals surface area contributed by atoms with E-state index in [1.54, 1.807) is 43.5 Å². The van der Waals surface area contributed by atoms with Crippen LogP contribution in [0.5, 0.6) is 5.75 Å². The van der Waals surface area contributed by atoms with E-state index in [2.05, 4.69) is 15.4 Å². The summed E-state index contributed by atoms with van der Waals surface area (Å²) in [6.07, 6.45) is 0. The lowest BCUT2D eigenvalue weighted by Crippen LogP contribution is -2.37. The number of anilines is 2. The summed E-state index contributed by atoms with van der Waals surface area (Å²) >= 11 is 1.10. The average Bonchev–Trinajstić information content (AvgIpc) is 3.56. The van der Waals surface area contributed by atoms with Crippen LogP contribution in [0, 0.1) is 6.92 Å². The van der Waals surface area contributed by atoms with Gasteiger partial charge in [-0.15, -0.1) is 5.10 Å². The molecule has 2 aromatic heterocycles. The summed E-state index contributed by atoms with van der Waals surface area (Å²) in [4.78, 5) is 46.1. The monoisotopic (exact) mass is 523 g/mol. The second-order valence-corrected chi connectivity index (χ2v) is 9.77. The van der Waals surface area contributed by atoms with Gasteiger partial charge in [0, 0.05) is 16.8 Å². The van der Waals surface area contributed by atoms with Crippen LogP contribution in [-0.2, 0) is 9.59 Å². The smallest absolute Gasteiger partial charge is 0.291 e. The lowest BCUT2D eigenvalue weighted by molar-refractivity contribution is -0.118. The van der Waals surface area contributed by atoms with Gasteiger partial charge in [0.2, 0.25) is 10.9 Å². The fourth-order valence-electron chi connectivity index (χ4n) is 4.39. The molecule has 38 heavy (non-hydrogen) atoms. The molecule has 2 amide bonds. The normalized spacial score (nSPS) is 14.2. The Kier molecular flexibility index (Phi) is 5.73. The van der Waals surface area contributed by atoms with Gasteiger partial charge in [0.05, 0.1) is 18.4 Å². The van der Waals surface area contributed by atoms with Crippen molar-refractivity contribution >= 4 is 45.1 Å². The molecule has 3 aromatic carbocycles. The van der Waals surface area contributed by atoms with Crippen molar-refractivity contribution in [2.75, 3.05) is 23.9 Å². The van der Waals surface area contributed by atoms with Crippen molar-refractivity contribution in [3.63, 3.8) is 0 Å². The molecular weight excluding hydrogens is 502 g/mol. The zero-order valence-corrected chi connectivity index (χ0v) is 21.3. The molecule has 1 aliphatic rings. The summed E-state index contributed by atoms with van der Waals surface area (Å²) < 4.78 is 6.64. The highest BCUT2D eigenvalue weighted by Crippen LogP contribution is 2.35. The van der Waals surface area contributed by atoms with Gasteiger partial charge in [-0.25, -0.2) is 0 Å². The first-order valence-electron chi connectivity index (χ1n) is 11.8. The van der Waals surface area contributed by atoms with Gasteiger partial charge in [0.1, 0.15) is 16.8 Å². The third-order valence-electron chi connectivity index (χ3n) is 6.29. The topological polar surface area (TPSA) is 106 Å². The van der Waals surface area contributed by atoms with Crippen molar-refractivity contribution < 1.29 is 14.3 Å². The highest BCUT2D eigenvalue weighted by molar-refractivity contribution is 7.15. The third-order valence-corrected chi connectivity index (χ3v) is 7.32. The van der Waals surface area contributed by atoms with Crippen molar-refractivity contribution in [3.8, 4) is 17.1 Å². The number of carbonyl (C=O) groups is 2. The fourth-order valence-corrected chi connectivity index (χ4v) is 5.38. The van der Waals surface area contributed by atoms with Crippen LogP contribution in [0.15, 0.2) is 77.6 Å². The first kappa shape index (κ1) is 23.6. The van der Waals surface area contributed by atoms with Gasteiger partial charge in [-0.05, 0) is 49.4 Å². The molecule has 0 fully saturated rings. The second kappa shape index (κ2) is 9.24. The number of rotatable bonds is 5. The van der Waals surface area contributed by atoms with Crippen LogP contribution in [0.25, 0.3) is 21.9 Å². The quantitative estimate of drug-likeness (QED) is 0.380. The Hall–Kier alpha value is -4.83. The first-order chi connectivity index (χ1) is 18.4. The SMILES string of the molecule is COc1ccc(-c2nc3s/c(=C4\C(=O)N(CC(=O)Nc5ccc(C)cc5)c5ccccc54)c(=O)n3n2)cc1. The number of fused-ring (bicyclic) bond motifs is 2. The molecule has 0 aliphatic carbocycles. The van der Waals surface area contributed by atoms with Crippen molar-refractivity contribution in [1.82, 2.24) is 14.6 Å². The standard InChI is InChI=1S/C28H21N5O4S/c1-16-7-11-18(12-8-16)29-22(34)15-32-21-6-4-3-5-20(21)23(26(32)35)24-27(36)33-28(38-24)30-25(31-33)17-9-13-19(37-2)14-10-17/h3-14H,15H2,1-2H3,(H,29,34)/b24-23-. The molecule has 0 spiro atoms. The van der Waals surface area contributed by atoms with Crippen LogP contribution in [0.4, 0.5) is 11.4 Å². The molecule has 0 saturated heterocycles. The molecule has 0 saturated carbocycles. The summed E-state index contributed by atoms with van der Waals surface area (Å²) in [5.41, 5.74) is 3.44. The maximum Gasteiger partial charge on any atom is 0.291 e. The van der Waals surface area contributed by atoms with E-state index in [0.29, 0.717) is 33.5 Å². The largest absolute Gasteiger partial charge is 0.497 e. The van der Waals surface area contributed by atoms with Crippen LogP contribution < -0.4 is 25.0 Å². The summed E-state index contributed by atoms with van der Waals surface area (Å²) in [6.45, 7) is 1.77. The number of carbonyl (C=O) groups excluding carboxylic acids is 2. The molecule has 9 nitrogen and oxygen atoms in total. The van der Waals surface area contributed by atoms with E-state index in [-0.39, 0.29) is 22.6 Å². The van der Waals surface area contributed by atoms with Crippen molar-refractivity contribution in [2.24, 2.45) is 0 Å². The molecule has 5 aromatic rings. The minimum atomic E-state index is -0.429. The number of amides is 2. The van der Waals surface area contributed by atoms with E-state index < -0.39 is 11.5 Å². The van der Waals surface area contributed by atoms with Crippen LogP contribution in [0.1, 0.15) is 11.1 Å². The van der Waals surface area contributed by atoms with Gasteiger partial charge in [-0.2, -0.15) is 9.50 Å². The lowest BCUT2D eigenvalue weighted by atomic mass is 10.1. The number of benzene rings is 3. The summed E-state index contributed by atoms with van der Waals surface area (Å²) in [7, 11) is 1.59. The minimum Gasteiger partial charge on any atom is -0.497 e. The predicted molar refractivity (Wildman–Crippen MR) is 145 cm³/mol. The van der Waals surface area contributed by atoms with Gasteiger partial charge in [-0.1, -0.05) is 47.2 Å². The Balaban J connectivity index is 1.37. The molecule has 0 radical (unpaired) electrons. The van der Waals surface area contributed by atoms with E-state index in [9.17, 15) is 14.4 Å². The maximum atomic E-state index is 13.6. The minimum absolute atomic E-state index is 0.191. The van der Waals surface area contributed by atoms with Crippen LogP contribution in [0.3, 0.4) is 0 Å². The molecule has 0 atom stereocenters. The van der Waals surface area contributed by atoms with E-state index in [4.69, 9.17) is 4.74 Å². The Morgan fingerprint density at radius 2 is 1.74 bits per heavy atom. The number of nitrogens with zero attached hydrogens (tertiary/aromatic N) is 4. The number of aromatic nitrogens is 3. The van der Waals surface area contributed by atoms with Crippen LogP contribution >= 0.6 is 11.3 Å². The van der Waals surface area contributed by atoms with Crippen LogP contribution in [-0.4, -0.2) is 40.1 Å². The molecule has 188 valence electrons. The highest BCUT2D eigenvalue weighted by atomic mass is 32.1. The zero-order valence-electron chi connectivity index (χ0n) is 20.5. The second-order valence-electron chi connectivity index (χ2n) is 8.79. The average molecular weight is 524 g/mol. The molecule has 6 rings (SSSR count). The number of thiazole rings is 1. The molecule has 10 heteroatoms. The first-order valence-corrected chi connectivity index (χ1v) is 12.6. The number of methoxy groups -OCH3 is 1. The number of aryl methyl sites for hydroxylation is 1. The van der Waals surface area contributed by atoms with Crippen molar-refractivity contribution in [3.05, 3.63) is 98.8 Å². The number of hydrogen-bond acceptors (Lipinski definition) is 7. The molecule has 3 heterocycles. The van der Waals surface area contributed by atoms with E-state index in [1.165, 1.54) is 9.42 Å². The van der Waals surface area contributed by atoms with Gasteiger partial charge < -0.3 is 10.1 Å². The third kappa shape index (κ3) is 4.00. The highest BCUT2D eigenvalue weighted by Gasteiger charge is 2.35. The van der Waals surface area contributed by atoms with Gasteiger partial charge in [0.15, 0.2) is 5.82 Å². The summed E-state index contributed by atoms with van der Waals surface area (Å²) in [5, 5.41) is 7.22. The van der Waals surface area contributed by atoms with E-state index in [0.717, 1.165) is 22.5 Å². The van der Waals surface area contributed by atoms with E-state index in [1.807, 2.05) is 43.3 Å².